The lowest BCUT2D eigenvalue weighted by atomic mass is 10.1. The van der Waals surface area contributed by atoms with E-state index < -0.39 is 4.92 Å². The Balaban J connectivity index is 2.41. The molecule has 0 saturated heterocycles. The minimum Gasteiger partial charge on any atom is -0.380 e. The van der Waals surface area contributed by atoms with Crippen LogP contribution < -0.4 is 5.32 Å². The van der Waals surface area contributed by atoms with Crippen LogP contribution in [0.1, 0.15) is 20.3 Å². The Bertz CT molecular complexity index is 424. The molecule has 0 spiro atoms. The highest BCUT2D eigenvalue weighted by Gasteiger charge is 2.17. The summed E-state index contributed by atoms with van der Waals surface area (Å²) in [5.41, 5.74) is 0.330. The molecule has 0 unspecified atom stereocenters. The standard InChI is InChI=1S/C13H19ClN2O3/c1-10(2)6-8-19-9-7-15-12-5-3-4-11(14)13(12)16(17)18/h3-5,10,15H,6-9H2,1-2H3. The van der Waals surface area contributed by atoms with Crippen LogP contribution in [0.3, 0.4) is 0 Å². The van der Waals surface area contributed by atoms with Crippen LogP contribution in [0.15, 0.2) is 18.2 Å². The number of hydrogen-bond acceptors (Lipinski definition) is 4. The number of nitro benzene ring substituents is 1. The highest BCUT2D eigenvalue weighted by atomic mass is 35.5. The lowest BCUT2D eigenvalue weighted by molar-refractivity contribution is -0.383. The summed E-state index contributed by atoms with van der Waals surface area (Å²) in [7, 11) is 0. The fourth-order valence-electron chi connectivity index (χ4n) is 1.52. The molecule has 0 saturated carbocycles. The van der Waals surface area contributed by atoms with E-state index in [4.69, 9.17) is 16.3 Å². The second-order valence-corrected chi connectivity index (χ2v) is 5.02. The van der Waals surface area contributed by atoms with Crippen LogP contribution in [0.25, 0.3) is 0 Å². The molecule has 1 aromatic carbocycles. The van der Waals surface area contributed by atoms with Crippen molar-refractivity contribution in [2.75, 3.05) is 25.1 Å². The second kappa shape index (κ2) is 7.96. The van der Waals surface area contributed by atoms with Crippen LogP contribution in [0.2, 0.25) is 5.02 Å². The highest BCUT2D eigenvalue weighted by molar-refractivity contribution is 6.33. The molecule has 0 aromatic heterocycles. The van der Waals surface area contributed by atoms with E-state index in [0.717, 1.165) is 6.42 Å². The zero-order chi connectivity index (χ0) is 14.3. The predicted molar refractivity (Wildman–Crippen MR) is 76.9 cm³/mol. The molecule has 1 rings (SSSR count). The first-order valence-electron chi connectivity index (χ1n) is 6.27. The number of hydrogen-bond donors (Lipinski definition) is 1. The topological polar surface area (TPSA) is 64.4 Å². The monoisotopic (exact) mass is 286 g/mol. The molecule has 0 aliphatic rings. The van der Waals surface area contributed by atoms with E-state index in [0.29, 0.717) is 31.4 Å². The number of para-hydroxylation sites is 1. The molecule has 0 atom stereocenters. The number of nitrogens with zero attached hydrogens (tertiary/aromatic N) is 1. The third kappa shape index (κ3) is 5.44. The molecule has 6 heteroatoms. The number of rotatable bonds is 8. The fraction of sp³-hybridized carbons (Fsp3) is 0.538. The number of halogens is 1. The molecule has 0 heterocycles. The maximum atomic E-state index is 10.9. The zero-order valence-electron chi connectivity index (χ0n) is 11.2. The van der Waals surface area contributed by atoms with Gasteiger partial charge in [0.05, 0.1) is 11.5 Å². The summed E-state index contributed by atoms with van der Waals surface area (Å²) in [5, 5.41) is 14.0. The lowest BCUT2D eigenvalue weighted by Crippen LogP contribution is -2.12. The Labute approximate surface area is 118 Å². The Kier molecular flexibility index (Phi) is 6.59. The normalized spacial score (nSPS) is 10.7. The summed E-state index contributed by atoms with van der Waals surface area (Å²) in [5.74, 6) is 0.613. The quantitative estimate of drug-likeness (QED) is 0.449. The molecular formula is C13H19ClN2O3. The van der Waals surface area contributed by atoms with Crippen molar-refractivity contribution in [2.45, 2.75) is 20.3 Å². The van der Waals surface area contributed by atoms with E-state index in [1.54, 1.807) is 12.1 Å². The van der Waals surface area contributed by atoms with Gasteiger partial charge in [-0.1, -0.05) is 31.5 Å². The molecule has 0 aliphatic carbocycles. The maximum absolute atomic E-state index is 10.9. The van der Waals surface area contributed by atoms with Crippen LogP contribution in [-0.4, -0.2) is 24.7 Å². The number of nitro groups is 1. The summed E-state index contributed by atoms with van der Waals surface area (Å²) >= 11 is 5.81. The highest BCUT2D eigenvalue weighted by Crippen LogP contribution is 2.31. The van der Waals surface area contributed by atoms with E-state index in [2.05, 4.69) is 19.2 Å². The van der Waals surface area contributed by atoms with Crippen molar-refractivity contribution in [1.29, 1.82) is 0 Å². The van der Waals surface area contributed by atoms with Gasteiger partial charge < -0.3 is 10.1 Å². The van der Waals surface area contributed by atoms with Crippen LogP contribution in [-0.2, 0) is 4.74 Å². The molecule has 1 aromatic rings. The van der Waals surface area contributed by atoms with Gasteiger partial charge in [0.15, 0.2) is 0 Å². The first kappa shape index (κ1) is 15.7. The molecule has 0 radical (unpaired) electrons. The van der Waals surface area contributed by atoms with E-state index in [9.17, 15) is 10.1 Å². The molecule has 19 heavy (non-hydrogen) atoms. The molecular weight excluding hydrogens is 268 g/mol. The van der Waals surface area contributed by atoms with Gasteiger partial charge in [0, 0.05) is 13.2 Å². The minimum absolute atomic E-state index is 0.0913. The Morgan fingerprint density at radius 1 is 1.42 bits per heavy atom. The van der Waals surface area contributed by atoms with Crippen molar-refractivity contribution in [3.05, 3.63) is 33.3 Å². The predicted octanol–water partition coefficient (Wildman–Crippen LogP) is 3.72. The van der Waals surface area contributed by atoms with Gasteiger partial charge >= 0.3 is 5.69 Å². The van der Waals surface area contributed by atoms with Crippen molar-refractivity contribution in [3.63, 3.8) is 0 Å². The Morgan fingerprint density at radius 3 is 2.79 bits per heavy atom. The van der Waals surface area contributed by atoms with Gasteiger partial charge in [-0.15, -0.1) is 0 Å². The minimum atomic E-state index is -0.482. The van der Waals surface area contributed by atoms with Crippen molar-refractivity contribution in [1.82, 2.24) is 0 Å². The summed E-state index contributed by atoms with van der Waals surface area (Å²) in [4.78, 5) is 10.4. The summed E-state index contributed by atoms with van der Waals surface area (Å²) < 4.78 is 5.43. The average Bonchev–Trinajstić information content (AvgIpc) is 2.32. The molecule has 0 amide bonds. The first-order chi connectivity index (χ1) is 9.02. The van der Waals surface area contributed by atoms with Crippen LogP contribution >= 0.6 is 11.6 Å². The molecule has 106 valence electrons. The van der Waals surface area contributed by atoms with Gasteiger partial charge in [-0.3, -0.25) is 10.1 Å². The SMILES string of the molecule is CC(C)CCOCCNc1cccc(Cl)c1[N+](=O)[O-]. The fourth-order valence-corrected chi connectivity index (χ4v) is 1.77. The Morgan fingerprint density at radius 2 is 2.16 bits per heavy atom. The smallest absolute Gasteiger partial charge is 0.310 e. The third-order valence-electron chi connectivity index (χ3n) is 2.57. The van der Waals surface area contributed by atoms with E-state index in [-0.39, 0.29) is 10.7 Å². The van der Waals surface area contributed by atoms with E-state index in [1.807, 2.05) is 0 Å². The zero-order valence-corrected chi connectivity index (χ0v) is 11.9. The number of benzene rings is 1. The van der Waals surface area contributed by atoms with Crippen molar-refractivity contribution in [2.24, 2.45) is 5.92 Å². The van der Waals surface area contributed by atoms with Crippen molar-refractivity contribution in [3.8, 4) is 0 Å². The van der Waals surface area contributed by atoms with Gasteiger partial charge in [-0.2, -0.15) is 0 Å². The number of nitrogens with one attached hydrogen (secondary N) is 1. The van der Waals surface area contributed by atoms with Crippen molar-refractivity contribution >= 4 is 23.0 Å². The number of anilines is 1. The van der Waals surface area contributed by atoms with E-state index in [1.165, 1.54) is 6.07 Å². The van der Waals surface area contributed by atoms with Crippen LogP contribution in [0.4, 0.5) is 11.4 Å². The van der Waals surface area contributed by atoms with Crippen molar-refractivity contribution < 1.29 is 9.66 Å². The molecule has 0 bridgehead atoms. The third-order valence-corrected chi connectivity index (χ3v) is 2.88. The second-order valence-electron chi connectivity index (χ2n) is 4.61. The van der Waals surface area contributed by atoms with Crippen LogP contribution in [0.5, 0.6) is 0 Å². The summed E-state index contributed by atoms with van der Waals surface area (Å²) in [6.07, 6.45) is 1.01. The van der Waals surface area contributed by atoms with Gasteiger partial charge in [0.25, 0.3) is 0 Å². The maximum Gasteiger partial charge on any atom is 0.310 e. The molecule has 0 aliphatic heterocycles. The molecule has 5 nitrogen and oxygen atoms in total. The molecule has 0 fully saturated rings. The summed E-state index contributed by atoms with van der Waals surface area (Å²) in [6, 6.07) is 4.82. The van der Waals surface area contributed by atoms with Crippen LogP contribution in [0, 0.1) is 16.0 Å². The molecule has 1 N–H and O–H groups in total. The summed E-state index contributed by atoms with van der Waals surface area (Å²) in [6.45, 7) is 6.00. The Hall–Kier alpha value is -1.33. The van der Waals surface area contributed by atoms with Gasteiger partial charge in [0.2, 0.25) is 0 Å². The first-order valence-corrected chi connectivity index (χ1v) is 6.64. The largest absolute Gasteiger partial charge is 0.380 e. The van der Waals surface area contributed by atoms with Gasteiger partial charge in [-0.25, -0.2) is 0 Å². The average molecular weight is 287 g/mol. The lowest BCUT2D eigenvalue weighted by Gasteiger charge is -2.09. The van der Waals surface area contributed by atoms with Gasteiger partial charge in [-0.05, 0) is 24.5 Å². The van der Waals surface area contributed by atoms with E-state index >= 15 is 0 Å². The van der Waals surface area contributed by atoms with Gasteiger partial charge in [0.1, 0.15) is 10.7 Å². The number of ether oxygens (including phenoxy) is 1.